The van der Waals surface area contributed by atoms with Crippen LogP contribution in [-0.4, -0.2) is 62.8 Å². The van der Waals surface area contributed by atoms with Gasteiger partial charge < -0.3 is 16.0 Å². The van der Waals surface area contributed by atoms with Crippen LogP contribution in [0, 0.1) is 5.92 Å². The molecule has 1 aliphatic heterocycles. The van der Waals surface area contributed by atoms with Gasteiger partial charge in [0.25, 0.3) is 0 Å². The molecule has 1 aromatic rings. The molecule has 1 aliphatic rings. The van der Waals surface area contributed by atoms with E-state index in [4.69, 9.17) is 5.73 Å². The lowest BCUT2D eigenvalue weighted by Crippen LogP contribution is -2.47. The van der Waals surface area contributed by atoms with Crippen molar-refractivity contribution >= 4 is 46.4 Å². The van der Waals surface area contributed by atoms with Crippen molar-refractivity contribution in [1.82, 2.24) is 9.21 Å². The highest BCUT2D eigenvalue weighted by Gasteiger charge is 2.28. The van der Waals surface area contributed by atoms with Crippen LogP contribution in [0.5, 0.6) is 0 Å². The van der Waals surface area contributed by atoms with Crippen molar-refractivity contribution in [3.63, 3.8) is 0 Å². The number of halogens is 2. The average molecular weight is 441 g/mol. The number of anilines is 1. The molecular weight excluding hydrogens is 411 g/mol. The molecular formula is C17H30Cl2N4O3S. The SMILES string of the molecule is CCC(C)C(N)C(=O)Nc1cccc(S(=O)(=O)N2CCN(C)CC2)c1.Cl.Cl. The molecule has 1 heterocycles. The highest BCUT2D eigenvalue weighted by molar-refractivity contribution is 7.89. The molecule has 7 nitrogen and oxygen atoms in total. The predicted molar refractivity (Wildman–Crippen MR) is 113 cm³/mol. The van der Waals surface area contributed by atoms with E-state index >= 15 is 0 Å². The number of hydrogen-bond donors (Lipinski definition) is 2. The van der Waals surface area contributed by atoms with Gasteiger partial charge in [0.05, 0.1) is 10.9 Å². The number of carbonyl (C=O) groups excluding carboxylic acids is 1. The minimum Gasteiger partial charge on any atom is -0.325 e. The number of nitrogens with one attached hydrogen (secondary N) is 1. The van der Waals surface area contributed by atoms with Crippen molar-refractivity contribution < 1.29 is 13.2 Å². The Bertz CT molecular complexity index is 710. The van der Waals surface area contributed by atoms with Crippen molar-refractivity contribution in [2.45, 2.75) is 31.2 Å². The molecule has 1 saturated heterocycles. The first-order valence-electron chi connectivity index (χ1n) is 8.61. The van der Waals surface area contributed by atoms with Crippen molar-refractivity contribution in [3.05, 3.63) is 24.3 Å². The van der Waals surface area contributed by atoms with Crippen LogP contribution in [0.25, 0.3) is 0 Å². The predicted octanol–water partition coefficient (Wildman–Crippen LogP) is 1.78. The molecule has 10 heteroatoms. The van der Waals surface area contributed by atoms with Crippen LogP contribution in [0.3, 0.4) is 0 Å². The Kier molecular flexibility index (Phi) is 10.8. The summed E-state index contributed by atoms with van der Waals surface area (Å²) in [5.74, 6) is -0.249. The van der Waals surface area contributed by atoms with Gasteiger partial charge >= 0.3 is 0 Å². The molecule has 2 unspecified atom stereocenters. The molecule has 1 aromatic carbocycles. The smallest absolute Gasteiger partial charge is 0.243 e. The largest absolute Gasteiger partial charge is 0.325 e. The fourth-order valence-corrected chi connectivity index (χ4v) is 4.12. The summed E-state index contributed by atoms with van der Waals surface area (Å²) in [6.07, 6.45) is 0.798. The van der Waals surface area contributed by atoms with Crippen molar-refractivity contribution in [2.24, 2.45) is 11.7 Å². The number of piperazine rings is 1. The third-order valence-corrected chi connectivity index (χ3v) is 6.66. The lowest BCUT2D eigenvalue weighted by molar-refractivity contribution is -0.118. The molecule has 0 saturated carbocycles. The second-order valence-corrected chi connectivity index (χ2v) is 8.57. The zero-order chi connectivity index (χ0) is 18.6. The van der Waals surface area contributed by atoms with Crippen molar-refractivity contribution in [3.8, 4) is 0 Å². The van der Waals surface area contributed by atoms with Crippen molar-refractivity contribution in [1.29, 1.82) is 0 Å². The van der Waals surface area contributed by atoms with Crippen LogP contribution in [0.15, 0.2) is 29.2 Å². The standard InChI is InChI=1S/C17H28N4O3S.2ClH/c1-4-13(2)16(18)17(22)19-14-6-5-7-15(12-14)25(23,24)21-10-8-20(3)9-11-21;;/h5-7,12-13,16H,4,8-11,18H2,1-3H3,(H,19,22);2*1H. The van der Waals surface area contributed by atoms with Crippen LogP contribution in [0.2, 0.25) is 0 Å². The summed E-state index contributed by atoms with van der Waals surface area (Å²) >= 11 is 0. The molecule has 0 bridgehead atoms. The zero-order valence-corrected chi connectivity index (χ0v) is 18.4. The van der Waals surface area contributed by atoms with E-state index in [1.165, 1.54) is 10.4 Å². The van der Waals surface area contributed by atoms with Crippen LogP contribution < -0.4 is 11.1 Å². The molecule has 0 aliphatic carbocycles. The lowest BCUT2D eigenvalue weighted by atomic mass is 9.99. The van der Waals surface area contributed by atoms with E-state index in [0.29, 0.717) is 31.9 Å². The van der Waals surface area contributed by atoms with Crippen LogP contribution in [0.4, 0.5) is 5.69 Å². The normalized spacial score (nSPS) is 17.9. The number of nitrogens with zero attached hydrogens (tertiary/aromatic N) is 2. The van der Waals surface area contributed by atoms with E-state index in [9.17, 15) is 13.2 Å². The molecule has 0 spiro atoms. The Balaban J connectivity index is 0.00000338. The van der Waals surface area contributed by atoms with E-state index in [0.717, 1.165) is 6.42 Å². The molecule has 1 amide bonds. The Hall–Kier alpha value is -0.900. The maximum absolute atomic E-state index is 12.8. The molecule has 2 atom stereocenters. The molecule has 0 aromatic heterocycles. The summed E-state index contributed by atoms with van der Waals surface area (Å²) < 4.78 is 27.1. The third-order valence-electron chi connectivity index (χ3n) is 4.76. The van der Waals surface area contributed by atoms with E-state index in [1.54, 1.807) is 18.2 Å². The Morgan fingerprint density at radius 3 is 2.37 bits per heavy atom. The summed E-state index contributed by atoms with van der Waals surface area (Å²) in [5, 5.41) is 2.72. The van der Waals surface area contributed by atoms with Gasteiger partial charge in [-0.25, -0.2) is 8.42 Å². The Labute approximate surface area is 174 Å². The second kappa shape index (κ2) is 11.2. The summed E-state index contributed by atoms with van der Waals surface area (Å²) in [4.78, 5) is 14.5. The number of nitrogens with two attached hydrogens (primary N) is 1. The van der Waals surface area contributed by atoms with Gasteiger partial charge in [0, 0.05) is 31.9 Å². The molecule has 1 fully saturated rings. The second-order valence-electron chi connectivity index (χ2n) is 6.64. The minimum absolute atomic E-state index is 0. The summed E-state index contributed by atoms with van der Waals surface area (Å²) in [5.41, 5.74) is 6.37. The Morgan fingerprint density at radius 1 is 1.22 bits per heavy atom. The quantitative estimate of drug-likeness (QED) is 0.702. The number of sulfonamides is 1. The van der Waals surface area contributed by atoms with Gasteiger partial charge in [0.1, 0.15) is 0 Å². The fraction of sp³-hybridized carbons (Fsp3) is 0.588. The van der Waals surface area contributed by atoms with Crippen molar-refractivity contribution in [2.75, 3.05) is 38.5 Å². The summed E-state index contributed by atoms with van der Waals surface area (Å²) in [6, 6.07) is 5.73. The highest BCUT2D eigenvalue weighted by atomic mass is 35.5. The number of carbonyl (C=O) groups is 1. The number of hydrogen-bond acceptors (Lipinski definition) is 5. The third kappa shape index (κ3) is 6.58. The van der Waals surface area contributed by atoms with Gasteiger partial charge in [-0.15, -0.1) is 24.8 Å². The summed E-state index contributed by atoms with van der Waals surface area (Å²) in [7, 11) is -1.59. The molecule has 0 radical (unpaired) electrons. The number of likely N-dealkylation sites (N-methyl/N-ethyl adjacent to an activating group) is 1. The van der Waals surface area contributed by atoms with Gasteiger partial charge in [-0.3, -0.25) is 4.79 Å². The average Bonchev–Trinajstić information content (AvgIpc) is 2.61. The first-order chi connectivity index (χ1) is 11.8. The van der Waals surface area contributed by atoms with E-state index in [-0.39, 0.29) is 41.5 Å². The molecule has 2 rings (SSSR count). The highest BCUT2D eigenvalue weighted by Crippen LogP contribution is 2.21. The monoisotopic (exact) mass is 440 g/mol. The van der Waals surface area contributed by atoms with Crippen LogP contribution in [-0.2, 0) is 14.8 Å². The van der Waals surface area contributed by atoms with Crippen LogP contribution >= 0.6 is 24.8 Å². The van der Waals surface area contributed by atoms with Gasteiger partial charge in [0.2, 0.25) is 15.9 Å². The first-order valence-corrected chi connectivity index (χ1v) is 10.0. The molecule has 27 heavy (non-hydrogen) atoms. The zero-order valence-electron chi connectivity index (χ0n) is 15.9. The van der Waals surface area contributed by atoms with Gasteiger partial charge in [0.15, 0.2) is 0 Å². The van der Waals surface area contributed by atoms with Gasteiger partial charge in [-0.05, 0) is 31.2 Å². The van der Waals surface area contributed by atoms with Gasteiger partial charge in [-0.2, -0.15) is 4.31 Å². The van der Waals surface area contributed by atoms with E-state index in [1.807, 2.05) is 20.9 Å². The number of benzene rings is 1. The maximum atomic E-state index is 12.8. The Morgan fingerprint density at radius 2 is 1.81 bits per heavy atom. The summed E-state index contributed by atoms with van der Waals surface area (Å²) in [6.45, 7) is 6.24. The first kappa shape index (κ1) is 26.1. The molecule has 156 valence electrons. The maximum Gasteiger partial charge on any atom is 0.243 e. The van der Waals surface area contributed by atoms with Gasteiger partial charge in [-0.1, -0.05) is 26.3 Å². The van der Waals surface area contributed by atoms with Crippen LogP contribution in [0.1, 0.15) is 20.3 Å². The minimum atomic E-state index is -3.56. The topological polar surface area (TPSA) is 95.7 Å². The number of rotatable bonds is 6. The number of amides is 1. The molecule has 3 N–H and O–H groups in total. The van der Waals surface area contributed by atoms with E-state index in [2.05, 4.69) is 10.2 Å². The van der Waals surface area contributed by atoms with E-state index < -0.39 is 16.1 Å². The lowest BCUT2D eigenvalue weighted by Gasteiger charge is -2.31. The fourth-order valence-electron chi connectivity index (χ4n) is 2.65.